The SMILES string of the molecule is C=C(CC)OC(C)=C(C)CC. The summed E-state index contributed by atoms with van der Waals surface area (Å²) in [4.78, 5) is 0. The van der Waals surface area contributed by atoms with Gasteiger partial charge in [-0.3, -0.25) is 0 Å². The lowest BCUT2D eigenvalue weighted by atomic mass is 10.2. The first-order chi connectivity index (χ1) is 5.11. The third-order valence-electron chi connectivity index (χ3n) is 1.82. The van der Waals surface area contributed by atoms with Gasteiger partial charge in [0.15, 0.2) is 0 Å². The summed E-state index contributed by atoms with van der Waals surface area (Å²) in [5, 5.41) is 0. The fraction of sp³-hybridized carbons (Fsp3) is 0.600. The lowest BCUT2D eigenvalue weighted by molar-refractivity contribution is 0.292. The summed E-state index contributed by atoms with van der Waals surface area (Å²) in [6.45, 7) is 12.0. The predicted octanol–water partition coefficient (Wildman–Crippen LogP) is 3.63. The van der Waals surface area contributed by atoms with Gasteiger partial charge in [0.05, 0.1) is 11.5 Å². The van der Waals surface area contributed by atoms with Crippen LogP contribution in [-0.2, 0) is 4.74 Å². The normalized spacial score (nSPS) is 12.4. The maximum atomic E-state index is 5.44. The Hall–Kier alpha value is -0.720. The van der Waals surface area contributed by atoms with Crippen molar-refractivity contribution in [1.29, 1.82) is 0 Å². The summed E-state index contributed by atoms with van der Waals surface area (Å²) in [7, 11) is 0. The van der Waals surface area contributed by atoms with Crippen molar-refractivity contribution in [3.63, 3.8) is 0 Å². The Morgan fingerprint density at radius 2 is 1.73 bits per heavy atom. The van der Waals surface area contributed by atoms with Crippen LogP contribution in [0.1, 0.15) is 40.5 Å². The van der Waals surface area contributed by atoms with E-state index in [0.29, 0.717) is 0 Å². The largest absolute Gasteiger partial charge is 0.467 e. The number of allylic oxidation sites excluding steroid dienone is 3. The molecule has 0 aromatic carbocycles. The second kappa shape index (κ2) is 5.00. The van der Waals surface area contributed by atoms with Crippen LogP contribution in [0.4, 0.5) is 0 Å². The molecular weight excluding hydrogens is 136 g/mol. The molecule has 0 aliphatic heterocycles. The van der Waals surface area contributed by atoms with Crippen molar-refractivity contribution in [3.05, 3.63) is 23.7 Å². The number of hydrogen-bond acceptors (Lipinski definition) is 1. The molecule has 0 aliphatic rings. The van der Waals surface area contributed by atoms with Crippen molar-refractivity contribution in [2.45, 2.75) is 40.5 Å². The van der Waals surface area contributed by atoms with Crippen molar-refractivity contribution in [3.8, 4) is 0 Å². The Morgan fingerprint density at radius 3 is 2.09 bits per heavy atom. The van der Waals surface area contributed by atoms with E-state index in [1.165, 1.54) is 5.57 Å². The molecule has 0 N–H and O–H groups in total. The van der Waals surface area contributed by atoms with E-state index < -0.39 is 0 Å². The number of ether oxygens (including phenoxy) is 1. The number of hydrogen-bond donors (Lipinski definition) is 0. The van der Waals surface area contributed by atoms with Crippen LogP contribution in [0.3, 0.4) is 0 Å². The minimum atomic E-state index is 0.843. The lowest BCUT2D eigenvalue weighted by Gasteiger charge is -2.09. The van der Waals surface area contributed by atoms with Crippen LogP contribution in [0, 0.1) is 0 Å². The summed E-state index contributed by atoms with van der Waals surface area (Å²) in [5.41, 5.74) is 1.29. The molecule has 11 heavy (non-hydrogen) atoms. The van der Waals surface area contributed by atoms with Crippen molar-refractivity contribution in [2.75, 3.05) is 0 Å². The van der Waals surface area contributed by atoms with Crippen molar-refractivity contribution < 1.29 is 4.74 Å². The van der Waals surface area contributed by atoms with Crippen molar-refractivity contribution in [2.24, 2.45) is 0 Å². The zero-order chi connectivity index (χ0) is 8.85. The Labute approximate surface area is 69.8 Å². The molecular formula is C10H18O. The molecule has 1 nitrogen and oxygen atoms in total. The fourth-order valence-electron chi connectivity index (χ4n) is 0.625. The van der Waals surface area contributed by atoms with Gasteiger partial charge in [0, 0.05) is 6.42 Å². The van der Waals surface area contributed by atoms with Gasteiger partial charge in [0.25, 0.3) is 0 Å². The zero-order valence-electron chi connectivity index (χ0n) is 8.03. The van der Waals surface area contributed by atoms with E-state index in [9.17, 15) is 0 Å². The summed E-state index contributed by atoms with van der Waals surface area (Å²) in [6.07, 6.45) is 1.93. The summed E-state index contributed by atoms with van der Waals surface area (Å²) >= 11 is 0. The first kappa shape index (κ1) is 10.3. The molecule has 0 amide bonds. The van der Waals surface area contributed by atoms with E-state index >= 15 is 0 Å². The highest BCUT2D eigenvalue weighted by Gasteiger charge is 1.96. The van der Waals surface area contributed by atoms with E-state index in [4.69, 9.17) is 4.74 Å². The molecule has 0 aromatic heterocycles. The summed E-state index contributed by atoms with van der Waals surface area (Å²) in [5.74, 6) is 1.84. The van der Waals surface area contributed by atoms with Crippen molar-refractivity contribution in [1.82, 2.24) is 0 Å². The van der Waals surface area contributed by atoms with Gasteiger partial charge in [0.1, 0.15) is 0 Å². The van der Waals surface area contributed by atoms with Gasteiger partial charge < -0.3 is 4.74 Å². The van der Waals surface area contributed by atoms with Gasteiger partial charge in [-0.05, 0) is 25.8 Å². The molecule has 0 fully saturated rings. The molecule has 0 saturated carbocycles. The van der Waals surface area contributed by atoms with Crippen LogP contribution in [0.15, 0.2) is 23.7 Å². The Bertz CT molecular complexity index is 166. The van der Waals surface area contributed by atoms with Gasteiger partial charge in [-0.1, -0.05) is 20.4 Å². The molecule has 0 rings (SSSR count). The van der Waals surface area contributed by atoms with E-state index in [-0.39, 0.29) is 0 Å². The molecule has 64 valence electrons. The van der Waals surface area contributed by atoms with E-state index in [0.717, 1.165) is 24.4 Å². The summed E-state index contributed by atoms with van der Waals surface area (Å²) < 4.78 is 5.44. The minimum absolute atomic E-state index is 0.843. The highest BCUT2D eigenvalue weighted by Crippen LogP contribution is 2.13. The third kappa shape index (κ3) is 3.87. The molecule has 0 unspecified atom stereocenters. The molecule has 1 heteroatoms. The quantitative estimate of drug-likeness (QED) is 0.562. The van der Waals surface area contributed by atoms with E-state index in [1.807, 2.05) is 13.8 Å². The highest BCUT2D eigenvalue weighted by molar-refractivity contribution is 5.05. The average molecular weight is 154 g/mol. The van der Waals surface area contributed by atoms with Gasteiger partial charge in [-0.2, -0.15) is 0 Å². The van der Waals surface area contributed by atoms with Crippen LogP contribution >= 0.6 is 0 Å². The minimum Gasteiger partial charge on any atom is -0.467 e. The fourth-order valence-corrected chi connectivity index (χ4v) is 0.625. The van der Waals surface area contributed by atoms with E-state index in [2.05, 4.69) is 20.4 Å². The Morgan fingerprint density at radius 1 is 1.18 bits per heavy atom. The van der Waals surface area contributed by atoms with Gasteiger partial charge in [0.2, 0.25) is 0 Å². The van der Waals surface area contributed by atoms with Crippen LogP contribution in [0.2, 0.25) is 0 Å². The van der Waals surface area contributed by atoms with Crippen LogP contribution in [0.25, 0.3) is 0 Å². The molecule has 0 bridgehead atoms. The second-order valence-corrected chi connectivity index (χ2v) is 2.68. The number of rotatable bonds is 4. The van der Waals surface area contributed by atoms with Gasteiger partial charge in [-0.15, -0.1) is 0 Å². The molecule has 0 atom stereocenters. The first-order valence-corrected chi connectivity index (χ1v) is 4.13. The first-order valence-electron chi connectivity index (χ1n) is 4.13. The maximum Gasteiger partial charge on any atom is 0.0993 e. The standard InChI is InChI=1S/C10H18O/c1-6-8(3)10(5)11-9(4)7-2/h4,6-7H2,1-3,5H3. The molecule has 0 radical (unpaired) electrons. The van der Waals surface area contributed by atoms with Crippen molar-refractivity contribution >= 4 is 0 Å². The molecule has 0 aliphatic carbocycles. The van der Waals surface area contributed by atoms with Crippen LogP contribution in [0.5, 0.6) is 0 Å². The Balaban J connectivity index is 4.05. The van der Waals surface area contributed by atoms with Crippen LogP contribution in [-0.4, -0.2) is 0 Å². The van der Waals surface area contributed by atoms with E-state index in [1.54, 1.807) is 0 Å². The average Bonchev–Trinajstić information content (AvgIpc) is 2.02. The third-order valence-corrected chi connectivity index (χ3v) is 1.82. The zero-order valence-corrected chi connectivity index (χ0v) is 8.03. The highest BCUT2D eigenvalue weighted by atomic mass is 16.5. The predicted molar refractivity (Wildman–Crippen MR) is 49.2 cm³/mol. The monoisotopic (exact) mass is 154 g/mol. The van der Waals surface area contributed by atoms with Gasteiger partial charge >= 0.3 is 0 Å². The lowest BCUT2D eigenvalue weighted by Crippen LogP contribution is -1.90. The van der Waals surface area contributed by atoms with Gasteiger partial charge in [-0.25, -0.2) is 0 Å². The topological polar surface area (TPSA) is 9.23 Å². The second-order valence-electron chi connectivity index (χ2n) is 2.68. The van der Waals surface area contributed by atoms with Crippen LogP contribution < -0.4 is 0 Å². The molecule has 0 aromatic rings. The molecule has 0 saturated heterocycles. The Kier molecular flexibility index (Phi) is 4.67. The maximum absolute atomic E-state index is 5.44. The smallest absolute Gasteiger partial charge is 0.0993 e. The molecule has 0 spiro atoms. The molecule has 0 heterocycles. The summed E-state index contributed by atoms with van der Waals surface area (Å²) in [6, 6.07) is 0.